The van der Waals surface area contributed by atoms with E-state index in [1.54, 1.807) is 12.3 Å². The van der Waals surface area contributed by atoms with E-state index >= 15 is 0 Å². The number of benzene rings is 3. The Bertz CT molecular complexity index is 847. The lowest BCUT2D eigenvalue weighted by molar-refractivity contribution is 0.0954. The van der Waals surface area contributed by atoms with Crippen molar-refractivity contribution in [2.75, 3.05) is 0 Å². The Labute approximate surface area is 129 Å². The summed E-state index contributed by atoms with van der Waals surface area (Å²) in [6, 6.07) is 21.5. The molecule has 108 valence electrons. The molecule has 0 aliphatic heterocycles. The van der Waals surface area contributed by atoms with Gasteiger partial charge in [-0.05, 0) is 29.3 Å². The van der Waals surface area contributed by atoms with Crippen LogP contribution >= 0.6 is 0 Å². The summed E-state index contributed by atoms with van der Waals surface area (Å²) in [5, 5.41) is 6.34. The third-order valence-electron chi connectivity index (χ3n) is 3.58. The van der Waals surface area contributed by atoms with Gasteiger partial charge in [-0.3, -0.25) is 4.79 Å². The zero-order valence-electron chi connectivity index (χ0n) is 12.3. The van der Waals surface area contributed by atoms with Gasteiger partial charge in [-0.25, -0.2) is 5.43 Å². The molecule has 0 radical (unpaired) electrons. The zero-order valence-corrected chi connectivity index (χ0v) is 12.3. The van der Waals surface area contributed by atoms with Crippen LogP contribution in [0, 0.1) is 6.92 Å². The Morgan fingerprint density at radius 2 is 1.68 bits per heavy atom. The highest BCUT2D eigenvalue weighted by molar-refractivity contribution is 6.01. The number of hydrogen-bond donors (Lipinski definition) is 1. The minimum atomic E-state index is -0.199. The number of hydrogen-bond acceptors (Lipinski definition) is 2. The Morgan fingerprint density at radius 1 is 0.955 bits per heavy atom. The summed E-state index contributed by atoms with van der Waals surface area (Å²) in [7, 11) is 0. The molecule has 0 aromatic heterocycles. The maximum atomic E-state index is 12.1. The second-order valence-corrected chi connectivity index (χ2v) is 5.08. The third-order valence-corrected chi connectivity index (χ3v) is 3.58. The molecule has 1 amide bonds. The second kappa shape index (κ2) is 6.22. The molecule has 3 rings (SSSR count). The molecular weight excluding hydrogens is 272 g/mol. The van der Waals surface area contributed by atoms with E-state index < -0.39 is 0 Å². The van der Waals surface area contributed by atoms with Gasteiger partial charge in [-0.15, -0.1) is 0 Å². The molecule has 3 nitrogen and oxygen atoms in total. The number of hydrazone groups is 1. The van der Waals surface area contributed by atoms with Gasteiger partial charge >= 0.3 is 0 Å². The summed E-state index contributed by atoms with van der Waals surface area (Å²) in [5.41, 5.74) is 5.13. The van der Waals surface area contributed by atoms with E-state index in [0.29, 0.717) is 5.56 Å². The van der Waals surface area contributed by atoms with Crippen molar-refractivity contribution in [2.24, 2.45) is 5.10 Å². The predicted octanol–water partition coefficient (Wildman–Crippen LogP) is 3.91. The lowest BCUT2D eigenvalue weighted by atomic mass is 10.1. The van der Waals surface area contributed by atoms with Gasteiger partial charge in [0.25, 0.3) is 5.91 Å². The molecule has 1 N–H and O–H groups in total. The molecule has 0 saturated carbocycles. The molecule has 3 aromatic carbocycles. The highest BCUT2D eigenvalue weighted by atomic mass is 16.2. The number of fused-ring (bicyclic) bond motifs is 1. The summed E-state index contributed by atoms with van der Waals surface area (Å²) >= 11 is 0. The fraction of sp³-hybridized carbons (Fsp3) is 0.0526. The van der Waals surface area contributed by atoms with Crippen LogP contribution in [-0.4, -0.2) is 12.1 Å². The van der Waals surface area contributed by atoms with E-state index in [0.717, 1.165) is 21.9 Å². The molecular formula is C19H16N2O. The first-order chi connectivity index (χ1) is 10.8. The van der Waals surface area contributed by atoms with E-state index in [-0.39, 0.29) is 5.91 Å². The lowest BCUT2D eigenvalue weighted by Gasteiger charge is -2.04. The van der Waals surface area contributed by atoms with Crippen LogP contribution in [0.4, 0.5) is 0 Å². The van der Waals surface area contributed by atoms with E-state index in [1.807, 2.05) is 55.5 Å². The first-order valence-corrected chi connectivity index (χ1v) is 7.12. The van der Waals surface area contributed by atoms with Crippen molar-refractivity contribution in [2.45, 2.75) is 6.92 Å². The van der Waals surface area contributed by atoms with Crippen LogP contribution in [0.5, 0.6) is 0 Å². The number of aryl methyl sites for hydroxylation is 1. The fourth-order valence-electron chi connectivity index (χ4n) is 2.41. The van der Waals surface area contributed by atoms with Gasteiger partial charge in [-0.1, -0.05) is 60.7 Å². The highest BCUT2D eigenvalue weighted by Gasteiger charge is 2.06. The van der Waals surface area contributed by atoms with Crippen molar-refractivity contribution in [1.29, 1.82) is 0 Å². The number of nitrogens with zero attached hydrogens (tertiary/aromatic N) is 1. The Kier molecular flexibility index (Phi) is 3.97. The average Bonchev–Trinajstić information content (AvgIpc) is 2.55. The average molecular weight is 288 g/mol. The van der Waals surface area contributed by atoms with E-state index in [4.69, 9.17) is 0 Å². The van der Waals surface area contributed by atoms with Gasteiger partial charge in [0.15, 0.2) is 0 Å². The number of carbonyl (C=O) groups excluding carboxylic acids is 1. The molecule has 0 bridgehead atoms. The number of carbonyl (C=O) groups is 1. The Hall–Kier alpha value is -2.94. The number of amides is 1. The lowest BCUT2D eigenvalue weighted by Crippen LogP contribution is -2.18. The second-order valence-electron chi connectivity index (χ2n) is 5.08. The Balaban J connectivity index is 1.80. The summed E-state index contributed by atoms with van der Waals surface area (Å²) < 4.78 is 0. The van der Waals surface area contributed by atoms with Crippen LogP contribution in [0.1, 0.15) is 21.5 Å². The maximum absolute atomic E-state index is 12.1. The summed E-state index contributed by atoms with van der Waals surface area (Å²) in [4.78, 5) is 12.1. The molecule has 22 heavy (non-hydrogen) atoms. The maximum Gasteiger partial charge on any atom is 0.271 e. The Morgan fingerprint density at radius 3 is 2.55 bits per heavy atom. The minimum absolute atomic E-state index is 0.199. The monoisotopic (exact) mass is 288 g/mol. The van der Waals surface area contributed by atoms with Crippen molar-refractivity contribution in [1.82, 2.24) is 5.43 Å². The molecule has 3 aromatic rings. The standard InChI is InChI=1S/C19H16N2O/c1-14-7-2-4-11-17(14)19(22)21-20-13-16-10-6-9-15-8-3-5-12-18(15)16/h2-13H,1H3,(H,21,22)/b20-13-. The van der Waals surface area contributed by atoms with E-state index in [9.17, 15) is 4.79 Å². The van der Waals surface area contributed by atoms with Crippen molar-refractivity contribution in [3.8, 4) is 0 Å². The van der Waals surface area contributed by atoms with Gasteiger partial charge in [0.2, 0.25) is 0 Å². The topological polar surface area (TPSA) is 41.5 Å². The van der Waals surface area contributed by atoms with Crippen LogP contribution in [0.25, 0.3) is 10.8 Å². The van der Waals surface area contributed by atoms with Crippen molar-refractivity contribution in [3.63, 3.8) is 0 Å². The molecule has 0 saturated heterocycles. The van der Waals surface area contributed by atoms with Crippen LogP contribution in [0.3, 0.4) is 0 Å². The van der Waals surface area contributed by atoms with Crippen molar-refractivity contribution < 1.29 is 4.79 Å². The van der Waals surface area contributed by atoms with E-state index in [1.165, 1.54) is 0 Å². The fourth-order valence-corrected chi connectivity index (χ4v) is 2.41. The molecule has 0 aliphatic rings. The van der Waals surface area contributed by atoms with Gasteiger partial charge in [0.05, 0.1) is 6.21 Å². The zero-order chi connectivity index (χ0) is 15.4. The molecule has 0 spiro atoms. The van der Waals surface area contributed by atoms with Gasteiger partial charge in [0, 0.05) is 11.1 Å². The van der Waals surface area contributed by atoms with Gasteiger partial charge in [-0.2, -0.15) is 5.10 Å². The van der Waals surface area contributed by atoms with Crippen LogP contribution in [0.2, 0.25) is 0 Å². The number of nitrogens with one attached hydrogen (secondary N) is 1. The normalized spacial score (nSPS) is 11.0. The smallest absolute Gasteiger partial charge is 0.267 e. The summed E-state index contributed by atoms with van der Waals surface area (Å²) in [6.07, 6.45) is 1.68. The third kappa shape index (κ3) is 2.88. The first kappa shape index (κ1) is 14.0. The van der Waals surface area contributed by atoms with Crippen LogP contribution in [0.15, 0.2) is 71.8 Å². The van der Waals surface area contributed by atoms with Crippen LogP contribution in [-0.2, 0) is 0 Å². The van der Waals surface area contributed by atoms with Gasteiger partial charge < -0.3 is 0 Å². The molecule has 0 fully saturated rings. The summed E-state index contributed by atoms with van der Waals surface area (Å²) in [5.74, 6) is -0.199. The van der Waals surface area contributed by atoms with Gasteiger partial charge in [0.1, 0.15) is 0 Å². The van der Waals surface area contributed by atoms with E-state index in [2.05, 4.69) is 22.7 Å². The SMILES string of the molecule is Cc1ccccc1C(=O)N/N=C\c1cccc2ccccc12. The molecule has 0 aliphatic carbocycles. The van der Waals surface area contributed by atoms with Crippen LogP contribution < -0.4 is 5.43 Å². The molecule has 0 atom stereocenters. The molecule has 3 heteroatoms. The molecule has 0 unspecified atom stereocenters. The molecule has 0 heterocycles. The minimum Gasteiger partial charge on any atom is -0.267 e. The largest absolute Gasteiger partial charge is 0.271 e. The summed E-state index contributed by atoms with van der Waals surface area (Å²) in [6.45, 7) is 1.91. The first-order valence-electron chi connectivity index (χ1n) is 7.12. The highest BCUT2D eigenvalue weighted by Crippen LogP contribution is 2.16. The van der Waals surface area contributed by atoms with Crippen molar-refractivity contribution >= 4 is 22.9 Å². The predicted molar refractivity (Wildman–Crippen MR) is 90.2 cm³/mol. The van der Waals surface area contributed by atoms with Crippen molar-refractivity contribution in [3.05, 3.63) is 83.4 Å². The quantitative estimate of drug-likeness (QED) is 0.576. The number of rotatable bonds is 3.